The molecule has 7 heavy (non-hydrogen) atoms. The molecule has 0 saturated carbocycles. The highest BCUT2D eigenvalue weighted by Gasteiger charge is 1.90. The first-order chi connectivity index (χ1) is 3.43. The molecule has 0 aliphatic carbocycles. The van der Waals surface area contributed by atoms with Gasteiger partial charge in [-0.3, -0.25) is 0 Å². The summed E-state index contributed by atoms with van der Waals surface area (Å²) < 4.78 is 0. The van der Waals surface area contributed by atoms with Crippen LogP contribution < -0.4 is 4.98 Å². The first kappa shape index (κ1) is 4.71. The average Bonchev–Trinajstić information content (AvgIpc) is 2.14. The van der Waals surface area contributed by atoms with Crippen molar-refractivity contribution in [3.05, 3.63) is 12.5 Å². The van der Waals surface area contributed by atoms with E-state index >= 15 is 0 Å². The van der Waals surface area contributed by atoms with Crippen LogP contribution in [0.5, 0.6) is 0 Å². The molecule has 2 N–H and O–H groups in total. The summed E-state index contributed by atoms with van der Waals surface area (Å²) in [5.41, 5.74) is 0. The van der Waals surface area contributed by atoms with Crippen molar-refractivity contribution in [3.8, 4) is 0 Å². The molecule has 0 radical (unpaired) electrons. The first-order valence-corrected chi connectivity index (χ1v) is 3.24. The van der Waals surface area contributed by atoms with Gasteiger partial charge in [-0.05, 0) is 6.26 Å². The van der Waals surface area contributed by atoms with Crippen LogP contribution in [0.1, 0.15) is 0 Å². The summed E-state index contributed by atoms with van der Waals surface area (Å²) >= 11 is 1.69. The van der Waals surface area contributed by atoms with Crippen LogP contribution in [0.25, 0.3) is 0 Å². The van der Waals surface area contributed by atoms with Gasteiger partial charge < -0.3 is 0 Å². The quantitative estimate of drug-likeness (QED) is 0.532. The van der Waals surface area contributed by atoms with Crippen molar-refractivity contribution in [2.75, 3.05) is 6.26 Å². The Balaban J connectivity index is 2.76. The van der Waals surface area contributed by atoms with Crippen molar-refractivity contribution in [2.24, 2.45) is 0 Å². The molecule has 0 aromatic carbocycles. The summed E-state index contributed by atoms with van der Waals surface area (Å²) in [5.74, 6) is 0. The topological polar surface area (TPSA) is 29.9 Å². The Labute approximate surface area is 46.3 Å². The minimum Gasteiger partial charge on any atom is -0.249 e. The van der Waals surface area contributed by atoms with Gasteiger partial charge in [0.25, 0.3) is 0 Å². The maximum Gasteiger partial charge on any atom is 0.240 e. The van der Waals surface area contributed by atoms with Crippen LogP contribution in [0.4, 0.5) is 0 Å². The van der Waals surface area contributed by atoms with Gasteiger partial charge in [-0.1, -0.05) is 11.8 Å². The maximum absolute atomic E-state index is 2.99. The molecule has 3 heteroatoms. The fourth-order valence-corrected chi connectivity index (χ4v) is 0.752. The van der Waals surface area contributed by atoms with Crippen LogP contribution >= 0.6 is 11.8 Å². The summed E-state index contributed by atoms with van der Waals surface area (Å²) in [5, 5.41) is 1.17. The number of thioether (sulfide) groups is 1. The molecule has 0 atom stereocenters. The van der Waals surface area contributed by atoms with Gasteiger partial charge in [0.05, 0.1) is 0 Å². The van der Waals surface area contributed by atoms with Gasteiger partial charge in [0.15, 0.2) is 5.03 Å². The van der Waals surface area contributed by atoms with Gasteiger partial charge in [0, 0.05) is 0 Å². The number of aromatic nitrogens is 2. The molecule has 0 aliphatic heterocycles. The van der Waals surface area contributed by atoms with Gasteiger partial charge >= 0.3 is 0 Å². The highest BCUT2D eigenvalue weighted by atomic mass is 32.2. The zero-order valence-electron chi connectivity index (χ0n) is 4.06. The van der Waals surface area contributed by atoms with Gasteiger partial charge in [0.1, 0.15) is 6.20 Å². The first-order valence-electron chi connectivity index (χ1n) is 2.02. The van der Waals surface area contributed by atoms with Crippen molar-refractivity contribution >= 4 is 11.8 Å². The highest BCUT2D eigenvalue weighted by molar-refractivity contribution is 7.98. The van der Waals surface area contributed by atoms with E-state index in [1.165, 1.54) is 5.03 Å². The zero-order valence-corrected chi connectivity index (χ0v) is 4.88. The molecular weight excluding hydrogens is 108 g/mol. The number of hydrogen-bond acceptors (Lipinski definition) is 1. The van der Waals surface area contributed by atoms with E-state index in [1.807, 2.05) is 12.5 Å². The normalized spacial score (nSPS) is 9.29. The molecule has 0 amide bonds. The number of hydrogen-bond donors (Lipinski definition) is 1. The Kier molecular flexibility index (Phi) is 1.36. The molecule has 1 rings (SSSR count). The second kappa shape index (κ2) is 2.02. The Morgan fingerprint density at radius 3 is 3.00 bits per heavy atom. The minimum absolute atomic E-state index is 1.17. The van der Waals surface area contributed by atoms with Crippen molar-refractivity contribution < 1.29 is 4.98 Å². The molecule has 0 spiro atoms. The van der Waals surface area contributed by atoms with Crippen LogP contribution in [0.2, 0.25) is 0 Å². The van der Waals surface area contributed by atoms with Crippen LogP contribution in [0.3, 0.4) is 0 Å². The second-order valence-corrected chi connectivity index (χ2v) is 2.02. The smallest absolute Gasteiger partial charge is 0.240 e. The molecule has 0 aliphatic rings. The van der Waals surface area contributed by atoms with Crippen LogP contribution in [-0.2, 0) is 0 Å². The predicted molar refractivity (Wildman–Crippen MR) is 29.1 cm³/mol. The average molecular weight is 115 g/mol. The van der Waals surface area contributed by atoms with Gasteiger partial charge in [-0.25, -0.2) is 9.97 Å². The standard InChI is InChI=1S/C4H6N2S/c1-7-4-2-5-3-6-4/h2-3H,1H3,(H,5,6)/p+1. The lowest BCUT2D eigenvalue weighted by atomic mass is 11.0. The van der Waals surface area contributed by atoms with E-state index in [0.717, 1.165) is 0 Å². The summed E-state index contributed by atoms with van der Waals surface area (Å²) in [6.07, 6.45) is 5.75. The lowest BCUT2D eigenvalue weighted by Crippen LogP contribution is -1.88. The SMILES string of the molecule is CSc1c[nH+]c[nH]1. The van der Waals surface area contributed by atoms with E-state index in [0.29, 0.717) is 0 Å². The van der Waals surface area contributed by atoms with Gasteiger partial charge in [-0.15, -0.1) is 0 Å². The Morgan fingerprint density at radius 1 is 1.86 bits per heavy atom. The number of rotatable bonds is 1. The fraction of sp³-hybridized carbons (Fsp3) is 0.250. The third-order valence-corrected chi connectivity index (χ3v) is 1.41. The van der Waals surface area contributed by atoms with Gasteiger partial charge in [0.2, 0.25) is 6.33 Å². The lowest BCUT2D eigenvalue weighted by molar-refractivity contribution is -0.377. The summed E-state index contributed by atoms with van der Waals surface area (Å²) in [6, 6.07) is 0. The summed E-state index contributed by atoms with van der Waals surface area (Å²) in [4.78, 5) is 5.90. The van der Waals surface area contributed by atoms with E-state index in [9.17, 15) is 0 Å². The van der Waals surface area contributed by atoms with Crippen molar-refractivity contribution in [1.82, 2.24) is 4.98 Å². The van der Waals surface area contributed by atoms with E-state index in [1.54, 1.807) is 18.1 Å². The van der Waals surface area contributed by atoms with Crippen LogP contribution in [0.15, 0.2) is 17.6 Å². The molecule has 0 saturated heterocycles. The summed E-state index contributed by atoms with van der Waals surface area (Å²) in [7, 11) is 0. The molecular formula is C4H7N2S+. The van der Waals surface area contributed by atoms with Crippen molar-refractivity contribution in [1.29, 1.82) is 0 Å². The molecule has 1 aromatic heterocycles. The van der Waals surface area contributed by atoms with Crippen molar-refractivity contribution in [3.63, 3.8) is 0 Å². The fourth-order valence-electron chi connectivity index (χ4n) is 0.390. The van der Waals surface area contributed by atoms with Crippen molar-refractivity contribution in [2.45, 2.75) is 5.03 Å². The zero-order chi connectivity index (χ0) is 5.11. The number of nitrogens with one attached hydrogen (secondary N) is 2. The maximum atomic E-state index is 2.99. The minimum atomic E-state index is 1.17. The largest absolute Gasteiger partial charge is 0.249 e. The number of H-pyrrole nitrogens is 2. The Hall–Kier alpha value is -0.440. The molecule has 0 bridgehead atoms. The summed E-state index contributed by atoms with van der Waals surface area (Å²) in [6.45, 7) is 0. The number of imidazole rings is 1. The molecule has 0 unspecified atom stereocenters. The van der Waals surface area contributed by atoms with Crippen LogP contribution in [-0.4, -0.2) is 11.2 Å². The molecule has 0 fully saturated rings. The van der Waals surface area contributed by atoms with E-state index < -0.39 is 0 Å². The third-order valence-electron chi connectivity index (χ3n) is 0.732. The predicted octanol–water partition coefficient (Wildman–Crippen LogP) is 0.551. The lowest BCUT2D eigenvalue weighted by Gasteiger charge is -1.72. The number of aromatic amines is 2. The molecule has 1 aromatic rings. The highest BCUT2D eigenvalue weighted by Crippen LogP contribution is 2.04. The molecule has 1 heterocycles. The van der Waals surface area contributed by atoms with Crippen LogP contribution in [0, 0.1) is 0 Å². The van der Waals surface area contributed by atoms with E-state index in [2.05, 4.69) is 9.97 Å². The van der Waals surface area contributed by atoms with Gasteiger partial charge in [-0.2, -0.15) is 0 Å². The Morgan fingerprint density at radius 2 is 2.71 bits per heavy atom. The third kappa shape index (κ3) is 0.962. The van der Waals surface area contributed by atoms with E-state index in [-0.39, 0.29) is 0 Å². The molecule has 2 nitrogen and oxygen atoms in total. The van der Waals surface area contributed by atoms with E-state index in [4.69, 9.17) is 0 Å². The molecule has 38 valence electrons. The monoisotopic (exact) mass is 115 g/mol. The Bertz CT molecular complexity index is 124. The second-order valence-electron chi connectivity index (χ2n) is 1.17.